The van der Waals surface area contributed by atoms with Gasteiger partial charge in [-0.05, 0) is 12.1 Å². The van der Waals surface area contributed by atoms with E-state index in [1.54, 1.807) is 7.11 Å². The number of methoxy groups -OCH3 is 1. The molecule has 0 aliphatic carbocycles. The molecule has 0 fully saturated rings. The second-order valence-electron chi connectivity index (χ2n) is 3.71. The van der Waals surface area contributed by atoms with Crippen LogP contribution < -0.4 is 10.5 Å². The van der Waals surface area contributed by atoms with Crippen LogP contribution in [0.3, 0.4) is 0 Å². The molecule has 4 nitrogen and oxygen atoms in total. The molecule has 2 N–H and O–H groups in total. The maximum atomic E-state index is 5.58. The van der Waals surface area contributed by atoms with Gasteiger partial charge in [0.05, 0.1) is 13.7 Å². The zero-order valence-corrected chi connectivity index (χ0v) is 9.52. The fourth-order valence-electron chi connectivity index (χ4n) is 1.89. The number of hydrogen-bond donors (Lipinski definition) is 1. The minimum atomic E-state index is 0.656. The lowest BCUT2D eigenvalue weighted by atomic mass is 10.2. The lowest BCUT2D eigenvalue weighted by Crippen LogP contribution is -2.33. The van der Waals surface area contributed by atoms with Gasteiger partial charge >= 0.3 is 0 Å². The Morgan fingerprint density at radius 3 is 3.12 bits per heavy atom. The van der Waals surface area contributed by atoms with E-state index in [1.807, 2.05) is 18.2 Å². The predicted molar refractivity (Wildman–Crippen MR) is 65.0 cm³/mol. The van der Waals surface area contributed by atoms with Gasteiger partial charge < -0.3 is 15.4 Å². The van der Waals surface area contributed by atoms with E-state index in [0.717, 1.165) is 36.8 Å². The van der Waals surface area contributed by atoms with Gasteiger partial charge in [-0.15, -0.1) is 0 Å². The van der Waals surface area contributed by atoms with Crippen molar-refractivity contribution in [2.24, 2.45) is 10.7 Å². The second-order valence-corrected chi connectivity index (χ2v) is 3.71. The maximum absolute atomic E-state index is 5.58. The van der Waals surface area contributed by atoms with Crippen LogP contribution in [-0.2, 0) is 0 Å². The van der Waals surface area contributed by atoms with Crippen molar-refractivity contribution in [3.63, 3.8) is 0 Å². The van der Waals surface area contributed by atoms with E-state index in [9.17, 15) is 0 Å². The minimum Gasteiger partial charge on any atom is -0.497 e. The highest BCUT2D eigenvalue weighted by molar-refractivity contribution is 6.00. The Hall–Kier alpha value is -1.55. The number of benzene rings is 1. The van der Waals surface area contributed by atoms with Gasteiger partial charge in [0.2, 0.25) is 0 Å². The molecule has 86 valence electrons. The SMILES string of the molecule is COc1cccc(C2=NCCN2CCN)c1. The molecule has 4 heteroatoms. The highest BCUT2D eigenvalue weighted by Crippen LogP contribution is 2.16. The Labute approximate surface area is 95.7 Å². The number of aliphatic imine (C=N–C) groups is 1. The Morgan fingerprint density at radius 1 is 1.50 bits per heavy atom. The molecule has 0 spiro atoms. The summed E-state index contributed by atoms with van der Waals surface area (Å²) in [5.74, 6) is 1.89. The summed E-state index contributed by atoms with van der Waals surface area (Å²) in [6, 6.07) is 7.98. The van der Waals surface area contributed by atoms with Crippen LogP contribution in [0.15, 0.2) is 29.3 Å². The molecule has 2 rings (SSSR count). The molecule has 1 aliphatic heterocycles. The van der Waals surface area contributed by atoms with Crippen molar-refractivity contribution >= 4 is 5.84 Å². The van der Waals surface area contributed by atoms with Gasteiger partial charge in [0, 0.05) is 25.2 Å². The van der Waals surface area contributed by atoms with Crippen LogP contribution in [0.1, 0.15) is 5.56 Å². The number of nitrogens with two attached hydrogens (primary N) is 1. The van der Waals surface area contributed by atoms with Gasteiger partial charge in [0.15, 0.2) is 0 Å². The van der Waals surface area contributed by atoms with Gasteiger partial charge in [-0.1, -0.05) is 12.1 Å². The van der Waals surface area contributed by atoms with E-state index in [4.69, 9.17) is 10.5 Å². The first-order chi connectivity index (χ1) is 7.85. The number of rotatable bonds is 4. The van der Waals surface area contributed by atoms with E-state index < -0.39 is 0 Å². The standard InChI is InChI=1S/C12H17N3O/c1-16-11-4-2-3-10(9-11)12-14-6-8-15(12)7-5-13/h2-4,9H,5-8,13H2,1H3. The fraction of sp³-hybridized carbons (Fsp3) is 0.417. The third kappa shape index (κ3) is 2.17. The lowest BCUT2D eigenvalue weighted by Gasteiger charge is -2.19. The summed E-state index contributed by atoms with van der Waals surface area (Å²) in [5, 5.41) is 0. The summed E-state index contributed by atoms with van der Waals surface area (Å²) in [7, 11) is 1.67. The van der Waals surface area contributed by atoms with Gasteiger partial charge in [0.25, 0.3) is 0 Å². The molecule has 0 saturated carbocycles. The Balaban J connectivity index is 2.22. The third-order valence-electron chi connectivity index (χ3n) is 2.66. The molecular formula is C12H17N3O. The molecular weight excluding hydrogens is 202 g/mol. The van der Waals surface area contributed by atoms with E-state index in [0.29, 0.717) is 6.54 Å². The fourth-order valence-corrected chi connectivity index (χ4v) is 1.89. The molecule has 0 atom stereocenters. The molecule has 16 heavy (non-hydrogen) atoms. The van der Waals surface area contributed by atoms with E-state index in [1.165, 1.54) is 0 Å². The normalized spacial score (nSPS) is 15.1. The summed E-state index contributed by atoms with van der Waals surface area (Å²) >= 11 is 0. The van der Waals surface area contributed by atoms with Crippen LogP contribution in [-0.4, -0.2) is 44.0 Å². The van der Waals surface area contributed by atoms with Gasteiger partial charge in [0.1, 0.15) is 11.6 Å². The summed E-state index contributed by atoms with van der Waals surface area (Å²) < 4.78 is 5.21. The van der Waals surface area contributed by atoms with Crippen LogP contribution in [0.4, 0.5) is 0 Å². The second kappa shape index (κ2) is 4.99. The minimum absolute atomic E-state index is 0.656. The first kappa shape index (κ1) is 11.0. The van der Waals surface area contributed by atoms with Crippen molar-refractivity contribution in [3.05, 3.63) is 29.8 Å². The van der Waals surface area contributed by atoms with Crippen LogP contribution in [0, 0.1) is 0 Å². The monoisotopic (exact) mass is 219 g/mol. The molecule has 1 aliphatic rings. The third-order valence-corrected chi connectivity index (χ3v) is 2.66. The molecule has 0 saturated heterocycles. The summed E-state index contributed by atoms with van der Waals surface area (Å²) in [6.07, 6.45) is 0. The quantitative estimate of drug-likeness (QED) is 0.811. The van der Waals surface area contributed by atoms with E-state index in [2.05, 4.69) is 16.0 Å². The average molecular weight is 219 g/mol. The number of amidine groups is 1. The van der Waals surface area contributed by atoms with Crippen molar-refractivity contribution in [3.8, 4) is 5.75 Å². The first-order valence-corrected chi connectivity index (χ1v) is 5.49. The largest absolute Gasteiger partial charge is 0.497 e. The number of ether oxygens (including phenoxy) is 1. The molecule has 1 heterocycles. The van der Waals surface area contributed by atoms with Crippen LogP contribution in [0.2, 0.25) is 0 Å². The average Bonchev–Trinajstić information content (AvgIpc) is 2.78. The highest BCUT2D eigenvalue weighted by atomic mass is 16.5. The Morgan fingerprint density at radius 2 is 2.38 bits per heavy atom. The molecule has 0 radical (unpaired) electrons. The topological polar surface area (TPSA) is 50.8 Å². The van der Waals surface area contributed by atoms with Crippen LogP contribution in [0.25, 0.3) is 0 Å². The Kier molecular flexibility index (Phi) is 3.41. The summed E-state index contributed by atoms with van der Waals surface area (Å²) in [6.45, 7) is 3.33. The van der Waals surface area contributed by atoms with Gasteiger partial charge in [-0.3, -0.25) is 4.99 Å². The molecule has 1 aromatic carbocycles. The molecule has 0 unspecified atom stereocenters. The molecule has 0 amide bonds. The zero-order chi connectivity index (χ0) is 11.4. The van der Waals surface area contributed by atoms with Crippen LogP contribution in [0.5, 0.6) is 5.75 Å². The summed E-state index contributed by atoms with van der Waals surface area (Å²) in [4.78, 5) is 6.73. The van der Waals surface area contributed by atoms with Crippen LogP contribution >= 0.6 is 0 Å². The van der Waals surface area contributed by atoms with Crippen molar-refractivity contribution in [2.45, 2.75) is 0 Å². The summed E-state index contributed by atoms with van der Waals surface area (Å²) in [5.41, 5.74) is 6.69. The lowest BCUT2D eigenvalue weighted by molar-refractivity contribution is 0.414. The Bertz CT molecular complexity index is 390. The van der Waals surface area contributed by atoms with Crippen molar-refractivity contribution in [2.75, 3.05) is 33.3 Å². The molecule has 0 aromatic heterocycles. The predicted octanol–water partition coefficient (Wildman–Crippen LogP) is 0.716. The number of nitrogens with zero attached hydrogens (tertiary/aromatic N) is 2. The van der Waals surface area contributed by atoms with Crippen molar-refractivity contribution in [1.29, 1.82) is 0 Å². The maximum Gasteiger partial charge on any atom is 0.131 e. The van der Waals surface area contributed by atoms with Crippen molar-refractivity contribution in [1.82, 2.24) is 4.90 Å². The highest BCUT2D eigenvalue weighted by Gasteiger charge is 2.17. The molecule has 0 bridgehead atoms. The number of hydrogen-bond acceptors (Lipinski definition) is 4. The zero-order valence-electron chi connectivity index (χ0n) is 9.52. The smallest absolute Gasteiger partial charge is 0.131 e. The van der Waals surface area contributed by atoms with Gasteiger partial charge in [-0.25, -0.2) is 0 Å². The molecule has 1 aromatic rings. The first-order valence-electron chi connectivity index (χ1n) is 5.49. The van der Waals surface area contributed by atoms with Gasteiger partial charge in [-0.2, -0.15) is 0 Å². The van der Waals surface area contributed by atoms with E-state index in [-0.39, 0.29) is 0 Å². The van der Waals surface area contributed by atoms with E-state index >= 15 is 0 Å². The van der Waals surface area contributed by atoms with Crippen molar-refractivity contribution < 1.29 is 4.74 Å².